The van der Waals surface area contributed by atoms with Gasteiger partial charge in [0.1, 0.15) is 0 Å². The fraction of sp³-hybridized carbons (Fsp3) is 1.00. The fourth-order valence-corrected chi connectivity index (χ4v) is 4.43. The van der Waals surface area contributed by atoms with Crippen LogP contribution in [0.5, 0.6) is 0 Å². The summed E-state index contributed by atoms with van der Waals surface area (Å²) in [6.07, 6.45) is 18.9. The Bertz CT molecular complexity index is 316. The van der Waals surface area contributed by atoms with Crippen molar-refractivity contribution in [3.8, 4) is 0 Å². The van der Waals surface area contributed by atoms with Crippen LogP contribution in [0.25, 0.3) is 0 Å². The maximum atomic E-state index is 10.1. The molecule has 0 bridgehead atoms. The van der Waals surface area contributed by atoms with Crippen molar-refractivity contribution in [2.45, 2.75) is 149 Å². The van der Waals surface area contributed by atoms with E-state index >= 15 is 0 Å². The van der Waals surface area contributed by atoms with E-state index in [0.29, 0.717) is 6.54 Å². The molecule has 0 aromatic rings. The minimum atomic E-state index is -0.767. The first kappa shape index (κ1) is 31.5. The highest BCUT2D eigenvalue weighted by molar-refractivity contribution is 4.52. The largest absolute Gasteiger partial charge is 1.00 e. The maximum Gasteiger partial charge on any atom is 0.191 e. The summed E-state index contributed by atoms with van der Waals surface area (Å²) in [7, 11) is 0. The third-order valence-electron chi connectivity index (χ3n) is 6.49. The third kappa shape index (κ3) is 14.1. The first-order chi connectivity index (χ1) is 13.4. The van der Waals surface area contributed by atoms with Crippen LogP contribution in [0.3, 0.4) is 0 Å². The van der Waals surface area contributed by atoms with Gasteiger partial charge >= 0.3 is 0 Å². The number of hydrogen-bond acceptors (Lipinski definition) is 3. The summed E-state index contributed by atoms with van der Waals surface area (Å²) in [6, 6.07) is 0. The molecule has 0 amide bonds. The molecule has 0 saturated heterocycles. The van der Waals surface area contributed by atoms with E-state index in [1.165, 1.54) is 89.9 Å². The van der Waals surface area contributed by atoms with Crippen LogP contribution < -0.4 is 17.0 Å². The zero-order valence-electron chi connectivity index (χ0n) is 19.9. The number of unbranched alkanes of at least 4 members (excludes halogenated alkanes) is 15. The Morgan fingerprint density at radius 2 is 0.724 bits per heavy atom. The first-order valence-corrected chi connectivity index (χ1v) is 12.3. The van der Waals surface area contributed by atoms with E-state index in [0.717, 1.165) is 12.8 Å². The highest BCUT2D eigenvalue weighted by atomic mass is 79.9. The van der Waals surface area contributed by atoms with Gasteiger partial charge in [0.15, 0.2) is 18.7 Å². The lowest BCUT2D eigenvalue weighted by molar-refractivity contribution is -1.04. The van der Waals surface area contributed by atoms with E-state index in [9.17, 15) is 15.3 Å². The number of nitrogens with zero attached hydrogens (tertiary/aromatic N) is 1. The Morgan fingerprint density at radius 3 is 0.966 bits per heavy atom. The topological polar surface area (TPSA) is 60.7 Å². The van der Waals surface area contributed by atoms with Gasteiger partial charge in [-0.3, -0.25) is 0 Å². The van der Waals surface area contributed by atoms with Gasteiger partial charge in [-0.1, -0.05) is 96.8 Å². The molecule has 0 aromatic carbocycles. The molecule has 0 spiro atoms. The lowest BCUT2D eigenvalue weighted by Crippen LogP contribution is -3.00. The molecule has 0 radical (unpaired) electrons. The Morgan fingerprint density at radius 1 is 0.483 bits per heavy atom. The molecule has 0 aliphatic carbocycles. The quantitative estimate of drug-likeness (QED) is 0.142. The second-order valence-electron chi connectivity index (χ2n) is 8.92. The van der Waals surface area contributed by atoms with Gasteiger partial charge in [0, 0.05) is 20.8 Å². The predicted octanol–water partition coefficient (Wildman–Crippen LogP) is 3.08. The summed E-state index contributed by atoms with van der Waals surface area (Å²) in [5.74, 6) is 0. The van der Waals surface area contributed by atoms with Gasteiger partial charge < -0.3 is 32.3 Å². The highest BCUT2D eigenvalue weighted by Gasteiger charge is 2.41. The average molecular weight is 483 g/mol. The molecule has 0 aliphatic heterocycles. The van der Waals surface area contributed by atoms with Gasteiger partial charge in [-0.25, -0.2) is 4.48 Å². The Balaban J connectivity index is 0. The van der Waals surface area contributed by atoms with Crippen LogP contribution in [-0.4, -0.2) is 45.0 Å². The SMILES string of the molecule is CCCCCCCCCCCCCCCCCC[N+](C(C)O)(C(C)O)C(C)O.[Br-]. The number of rotatable bonds is 20. The highest BCUT2D eigenvalue weighted by Crippen LogP contribution is 2.23. The zero-order valence-corrected chi connectivity index (χ0v) is 21.5. The van der Waals surface area contributed by atoms with Crippen LogP contribution in [0.15, 0.2) is 0 Å². The molecule has 178 valence electrons. The minimum absolute atomic E-state index is 0. The van der Waals surface area contributed by atoms with Crippen molar-refractivity contribution in [1.29, 1.82) is 0 Å². The maximum absolute atomic E-state index is 10.1. The van der Waals surface area contributed by atoms with Crippen molar-refractivity contribution in [1.82, 2.24) is 0 Å². The molecular weight excluding hydrogens is 430 g/mol. The molecule has 0 fully saturated rings. The van der Waals surface area contributed by atoms with Crippen LogP contribution in [0.1, 0.15) is 130 Å². The first-order valence-electron chi connectivity index (χ1n) is 12.3. The summed E-state index contributed by atoms with van der Waals surface area (Å²) in [4.78, 5) is 0. The van der Waals surface area contributed by atoms with Crippen LogP contribution >= 0.6 is 0 Å². The lowest BCUT2D eigenvalue weighted by Gasteiger charge is -2.45. The second-order valence-corrected chi connectivity index (χ2v) is 8.92. The predicted molar refractivity (Wildman–Crippen MR) is 120 cm³/mol. The number of aliphatic hydroxyl groups excluding tert-OH is 3. The van der Waals surface area contributed by atoms with Gasteiger partial charge in [-0.2, -0.15) is 0 Å². The Kier molecular flexibility index (Phi) is 22.0. The molecule has 3 atom stereocenters. The van der Waals surface area contributed by atoms with E-state index in [1.807, 2.05) is 0 Å². The van der Waals surface area contributed by atoms with Gasteiger partial charge in [0.2, 0.25) is 0 Å². The van der Waals surface area contributed by atoms with Crippen LogP contribution in [-0.2, 0) is 0 Å². The average Bonchev–Trinajstić information content (AvgIpc) is 2.63. The standard InChI is InChI=1S/C24H52NO3.BrH/c1-5-6-7-8-9-10-11-12-13-14-15-16-17-18-19-20-21-25(22(2)26,23(3)27)24(4)28;/h22-24,26-28H,5-21H2,1-4H3;1H/q+1;/p-1. The van der Waals surface area contributed by atoms with Gasteiger partial charge in [-0.15, -0.1) is 0 Å². The molecule has 0 aromatic heterocycles. The van der Waals surface area contributed by atoms with Crippen LogP contribution in [0, 0.1) is 0 Å². The zero-order chi connectivity index (χ0) is 21.3. The second kappa shape index (κ2) is 20.2. The lowest BCUT2D eigenvalue weighted by atomic mass is 10.0. The summed E-state index contributed by atoms with van der Waals surface area (Å²) >= 11 is 0. The Labute approximate surface area is 192 Å². The molecule has 3 unspecified atom stereocenters. The van der Waals surface area contributed by atoms with E-state index in [-0.39, 0.29) is 21.5 Å². The summed E-state index contributed by atoms with van der Waals surface area (Å²) in [6.45, 7) is 7.87. The van der Waals surface area contributed by atoms with Crippen molar-refractivity contribution in [3.05, 3.63) is 0 Å². The normalized spacial score (nSPS) is 16.7. The molecule has 0 rings (SSSR count). The number of quaternary nitrogens is 1. The molecule has 3 N–H and O–H groups in total. The van der Waals surface area contributed by atoms with Gasteiger partial charge in [-0.05, 0) is 12.8 Å². The van der Waals surface area contributed by atoms with E-state index in [1.54, 1.807) is 20.8 Å². The molecule has 0 heterocycles. The molecule has 0 aliphatic rings. The molecular formula is C24H52BrNO3. The van der Waals surface area contributed by atoms with Crippen LogP contribution in [0.2, 0.25) is 0 Å². The number of aliphatic hydroxyl groups is 3. The van der Waals surface area contributed by atoms with Crippen molar-refractivity contribution < 1.29 is 36.8 Å². The van der Waals surface area contributed by atoms with Gasteiger partial charge in [0.05, 0.1) is 6.54 Å². The van der Waals surface area contributed by atoms with Crippen molar-refractivity contribution in [2.24, 2.45) is 0 Å². The fourth-order valence-electron chi connectivity index (χ4n) is 4.43. The van der Waals surface area contributed by atoms with Crippen LogP contribution in [0.4, 0.5) is 0 Å². The van der Waals surface area contributed by atoms with E-state index < -0.39 is 18.7 Å². The molecule has 5 heteroatoms. The summed E-state index contributed by atoms with van der Waals surface area (Å²) < 4.78 is -0.0431. The summed E-state index contributed by atoms with van der Waals surface area (Å²) in [5, 5.41) is 30.2. The molecule has 0 saturated carbocycles. The number of halogens is 1. The van der Waals surface area contributed by atoms with Gasteiger partial charge in [0.25, 0.3) is 0 Å². The summed E-state index contributed by atoms with van der Waals surface area (Å²) in [5.41, 5.74) is 0. The molecule has 4 nitrogen and oxygen atoms in total. The van der Waals surface area contributed by atoms with E-state index in [2.05, 4.69) is 6.92 Å². The van der Waals surface area contributed by atoms with Crippen molar-refractivity contribution in [3.63, 3.8) is 0 Å². The number of hydrogen-bond donors (Lipinski definition) is 3. The van der Waals surface area contributed by atoms with Crippen molar-refractivity contribution in [2.75, 3.05) is 6.54 Å². The van der Waals surface area contributed by atoms with Crippen molar-refractivity contribution >= 4 is 0 Å². The third-order valence-corrected chi connectivity index (χ3v) is 6.49. The smallest absolute Gasteiger partial charge is 0.191 e. The van der Waals surface area contributed by atoms with E-state index in [4.69, 9.17) is 0 Å². The molecule has 29 heavy (non-hydrogen) atoms. The Hall–Kier alpha value is 0.320. The monoisotopic (exact) mass is 481 g/mol. The minimum Gasteiger partial charge on any atom is -1.00 e.